The average molecular weight is 701 g/mol. The van der Waals surface area contributed by atoms with Gasteiger partial charge in [0, 0.05) is 33.7 Å². The van der Waals surface area contributed by atoms with E-state index in [2.05, 4.69) is 152 Å². The number of benzene rings is 4. The topological polar surface area (TPSA) is 19.6 Å². The summed E-state index contributed by atoms with van der Waals surface area (Å²) in [6.45, 7) is 23.2. The van der Waals surface area contributed by atoms with E-state index in [1.807, 2.05) is 0 Å². The van der Waals surface area contributed by atoms with E-state index in [0.29, 0.717) is 0 Å². The first-order chi connectivity index (χ1) is 25.0. The van der Waals surface area contributed by atoms with Crippen molar-refractivity contribution in [1.29, 1.82) is 0 Å². The second-order valence-electron chi connectivity index (χ2n) is 21.1. The number of nitrogens with zero attached hydrogens (tertiary/aromatic N) is 2. The van der Waals surface area contributed by atoms with Gasteiger partial charge in [-0.25, -0.2) is 0 Å². The van der Waals surface area contributed by atoms with Gasteiger partial charge in [-0.15, -0.1) is 0 Å². The maximum atomic E-state index is 7.42. The van der Waals surface area contributed by atoms with Crippen LogP contribution in [0.2, 0.25) is 0 Å². The van der Waals surface area contributed by atoms with Gasteiger partial charge in [-0.1, -0.05) is 92.6 Å². The largest absolute Gasteiger partial charge is 0.468 e. The Bertz CT molecular complexity index is 2270. The van der Waals surface area contributed by atoms with Crippen LogP contribution in [0.25, 0.3) is 11.0 Å². The molecule has 0 unspecified atom stereocenters. The molecule has 4 aromatic carbocycles. The summed E-state index contributed by atoms with van der Waals surface area (Å²) in [4.78, 5) is 5.50. The van der Waals surface area contributed by atoms with Crippen molar-refractivity contribution < 1.29 is 4.42 Å². The number of hydrogen-bond donors (Lipinski definition) is 0. The van der Waals surface area contributed by atoms with Crippen LogP contribution < -0.4 is 26.4 Å². The Kier molecular flexibility index (Phi) is 6.89. The molecule has 0 spiro atoms. The molecule has 4 saturated carbocycles. The van der Waals surface area contributed by atoms with Crippen LogP contribution in [0.4, 0.5) is 28.4 Å². The summed E-state index contributed by atoms with van der Waals surface area (Å²) >= 11 is 0. The molecular weight excluding hydrogens is 643 g/mol. The van der Waals surface area contributed by atoms with Crippen molar-refractivity contribution in [3.63, 3.8) is 0 Å². The lowest BCUT2D eigenvalue weighted by atomic mass is 9.35. The summed E-state index contributed by atoms with van der Waals surface area (Å²) in [7, 11) is 0. The second-order valence-corrected chi connectivity index (χ2v) is 21.1. The Morgan fingerprint density at radius 2 is 1.17 bits per heavy atom. The number of fused-ring (bicyclic) bond motifs is 6. The van der Waals surface area contributed by atoms with Gasteiger partial charge in [0.15, 0.2) is 0 Å². The molecule has 4 heteroatoms. The Balaban J connectivity index is 1.29. The van der Waals surface area contributed by atoms with Crippen LogP contribution in [0.15, 0.2) is 77.2 Å². The smallest absolute Gasteiger partial charge is 0.297 e. The number of hydrogen-bond acceptors (Lipinski definition) is 3. The van der Waals surface area contributed by atoms with Gasteiger partial charge in [0.1, 0.15) is 5.58 Å². The molecule has 6 aliphatic rings. The SMILES string of the molecule is Cc1cc2c3c(c1)N(C14CC5CC(CC(C5)C1)C4)c1c(oc4cc(C(C)(C)C)ccc14)B3c1cc(C(C)(C)C)ccc1N2c1ccc(C(C)(C)C)cc1. The molecule has 4 aliphatic carbocycles. The summed E-state index contributed by atoms with van der Waals surface area (Å²) in [5, 5.41) is 1.28. The molecule has 0 amide bonds. The fourth-order valence-corrected chi connectivity index (χ4v) is 11.8. The number of aryl methyl sites for hydroxylation is 1. The lowest BCUT2D eigenvalue weighted by molar-refractivity contribution is 0.000685. The van der Waals surface area contributed by atoms with Gasteiger partial charge in [-0.05, 0) is 155 Å². The van der Waals surface area contributed by atoms with E-state index in [0.717, 1.165) is 29.0 Å². The molecule has 5 aromatic rings. The minimum atomic E-state index is 0.00801. The quantitative estimate of drug-likeness (QED) is 0.168. The molecule has 3 heterocycles. The molecule has 0 N–H and O–H groups in total. The number of rotatable bonds is 2. The van der Waals surface area contributed by atoms with Crippen LogP contribution in [0.1, 0.15) is 123 Å². The first-order valence-corrected chi connectivity index (χ1v) is 20.6. The van der Waals surface area contributed by atoms with Crippen molar-refractivity contribution >= 4 is 62.7 Å². The van der Waals surface area contributed by atoms with Gasteiger partial charge >= 0.3 is 0 Å². The second kappa shape index (κ2) is 10.9. The molecule has 2 aliphatic heterocycles. The third kappa shape index (κ3) is 4.99. The Morgan fingerprint density at radius 3 is 1.77 bits per heavy atom. The van der Waals surface area contributed by atoms with E-state index in [-0.39, 0.29) is 28.5 Å². The van der Waals surface area contributed by atoms with E-state index < -0.39 is 0 Å². The lowest BCUT2D eigenvalue weighted by Gasteiger charge is -2.62. The van der Waals surface area contributed by atoms with Gasteiger partial charge in [0.25, 0.3) is 6.71 Å². The summed E-state index contributed by atoms with van der Waals surface area (Å²) in [6.07, 6.45) is 8.16. The van der Waals surface area contributed by atoms with E-state index >= 15 is 0 Å². The predicted octanol–water partition coefficient (Wildman–Crippen LogP) is 11.4. The van der Waals surface area contributed by atoms with Gasteiger partial charge < -0.3 is 14.2 Å². The first-order valence-electron chi connectivity index (χ1n) is 20.6. The highest BCUT2D eigenvalue weighted by atomic mass is 16.3. The van der Waals surface area contributed by atoms with E-state index in [1.165, 1.54) is 106 Å². The normalized spacial score (nSPS) is 24.5. The van der Waals surface area contributed by atoms with E-state index in [9.17, 15) is 0 Å². The van der Waals surface area contributed by atoms with Gasteiger partial charge in [-0.3, -0.25) is 0 Å². The van der Waals surface area contributed by atoms with Crippen molar-refractivity contribution in [3.8, 4) is 0 Å². The third-order valence-corrected chi connectivity index (χ3v) is 14.0. The predicted molar refractivity (Wildman–Crippen MR) is 226 cm³/mol. The maximum Gasteiger partial charge on any atom is 0.297 e. The molecule has 272 valence electrons. The Morgan fingerprint density at radius 1 is 0.623 bits per heavy atom. The fraction of sp³-hybridized carbons (Fsp3) is 0.469. The van der Waals surface area contributed by atoms with Crippen LogP contribution in [0.3, 0.4) is 0 Å². The molecule has 1 aromatic heterocycles. The minimum Gasteiger partial charge on any atom is -0.468 e. The molecule has 53 heavy (non-hydrogen) atoms. The van der Waals surface area contributed by atoms with Crippen molar-refractivity contribution in [2.75, 3.05) is 9.80 Å². The average Bonchev–Trinajstić information content (AvgIpc) is 3.44. The fourth-order valence-electron chi connectivity index (χ4n) is 11.8. The summed E-state index contributed by atoms with van der Waals surface area (Å²) in [5.74, 6) is 2.50. The zero-order chi connectivity index (χ0) is 37.0. The molecule has 4 bridgehead atoms. The van der Waals surface area contributed by atoms with Crippen LogP contribution in [-0.2, 0) is 16.2 Å². The van der Waals surface area contributed by atoms with Crippen LogP contribution in [0.5, 0.6) is 0 Å². The minimum absolute atomic E-state index is 0.00801. The van der Waals surface area contributed by atoms with Crippen molar-refractivity contribution in [3.05, 3.63) is 95.1 Å². The highest BCUT2D eigenvalue weighted by molar-refractivity contribution is 6.99. The zero-order valence-corrected chi connectivity index (χ0v) is 33.8. The van der Waals surface area contributed by atoms with Gasteiger partial charge in [0.05, 0.1) is 11.3 Å². The highest BCUT2D eigenvalue weighted by Crippen LogP contribution is 2.61. The molecule has 4 fully saturated rings. The van der Waals surface area contributed by atoms with E-state index in [1.54, 1.807) is 0 Å². The molecule has 3 nitrogen and oxygen atoms in total. The van der Waals surface area contributed by atoms with Crippen molar-refractivity contribution in [1.82, 2.24) is 0 Å². The third-order valence-electron chi connectivity index (χ3n) is 14.0. The monoisotopic (exact) mass is 700 g/mol. The molecule has 0 saturated heterocycles. The van der Waals surface area contributed by atoms with E-state index in [4.69, 9.17) is 4.42 Å². The zero-order valence-electron chi connectivity index (χ0n) is 33.8. The summed E-state index contributed by atoms with van der Waals surface area (Å²) in [6, 6.07) is 28.9. The Hall–Kier alpha value is -3.92. The first kappa shape index (κ1) is 33.6. The standard InChI is InChI=1S/C49H57BN2O/c1-29-19-40-43-41(20-29)52(49-26-30-21-31(27-49)23-32(22-30)28-49)44-37-17-13-35(48(8,9)10)25-42(37)53-45(44)50(43)38-24-34(47(5,6)7)14-18-39(38)51(40)36-15-11-33(12-16-36)46(2,3)4/h11-20,24-25,30-32H,21-23,26-28H2,1-10H3. The van der Waals surface area contributed by atoms with Gasteiger partial charge in [-0.2, -0.15) is 0 Å². The molecular formula is C49H57BN2O. The number of furan rings is 1. The molecule has 11 rings (SSSR count). The molecule has 0 atom stereocenters. The number of anilines is 5. The van der Waals surface area contributed by atoms with Crippen molar-refractivity contribution in [2.45, 2.75) is 130 Å². The van der Waals surface area contributed by atoms with Crippen LogP contribution in [0, 0.1) is 24.7 Å². The summed E-state index contributed by atoms with van der Waals surface area (Å²) < 4.78 is 7.42. The highest BCUT2D eigenvalue weighted by Gasteiger charge is 2.58. The van der Waals surface area contributed by atoms with Crippen molar-refractivity contribution in [2.24, 2.45) is 17.8 Å². The summed E-state index contributed by atoms with van der Waals surface area (Å²) in [5.41, 5.74) is 17.2. The van der Waals surface area contributed by atoms with Gasteiger partial charge in [0.2, 0.25) is 0 Å². The lowest BCUT2D eigenvalue weighted by Crippen LogP contribution is -2.67. The van der Waals surface area contributed by atoms with Crippen LogP contribution in [-0.4, -0.2) is 12.3 Å². The Labute approximate surface area is 318 Å². The molecule has 0 radical (unpaired) electrons. The van der Waals surface area contributed by atoms with Crippen LogP contribution >= 0.6 is 0 Å². The maximum absolute atomic E-state index is 7.42.